The Morgan fingerprint density at radius 3 is 2.77 bits per heavy atom. The van der Waals surface area contributed by atoms with Crippen LogP contribution in [-0.2, 0) is 0 Å². The molecule has 0 N–H and O–H groups in total. The first kappa shape index (κ1) is 9.40. The van der Waals surface area contributed by atoms with Crippen LogP contribution in [-0.4, -0.2) is 15.8 Å². The molecule has 1 heterocycles. The fourth-order valence-electron chi connectivity index (χ4n) is 0.856. The molecule has 0 aromatic carbocycles. The Morgan fingerprint density at radius 1 is 1.46 bits per heavy atom. The highest BCUT2D eigenvalue weighted by atomic mass is 16.1. The molecule has 0 amide bonds. The van der Waals surface area contributed by atoms with Crippen LogP contribution in [0.2, 0.25) is 0 Å². The summed E-state index contributed by atoms with van der Waals surface area (Å²) in [5, 5.41) is 0. The summed E-state index contributed by atoms with van der Waals surface area (Å²) in [5.41, 5.74) is 0. The van der Waals surface area contributed by atoms with Crippen LogP contribution in [0.3, 0.4) is 0 Å². The molecule has 0 saturated carbocycles. The molecule has 0 saturated heterocycles. The summed E-state index contributed by atoms with van der Waals surface area (Å²) in [5.74, 6) is 5.78. The standard InChI is InChI=1S/C10H10N2O/c1-2-3-4-6-9(13)10-11-7-5-8-12-10/h5,7-8H,4,6H2,1H3. The van der Waals surface area contributed by atoms with E-state index in [1.54, 1.807) is 25.4 Å². The number of rotatable bonds is 3. The predicted octanol–water partition coefficient (Wildman–Crippen LogP) is 1.46. The van der Waals surface area contributed by atoms with E-state index in [4.69, 9.17) is 0 Å². The van der Waals surface area contributed by atoms with Gasteiger partial charge in [-0.25, -0.2) is 9.97 Å². The van der Waals surface area contributed by atoms with Crippen molar-refractivity contribution in [3.05, 3.63) is 24.3 Å². The maximum Gasteiger partial charge on any atom is 0.200 e. The van der Waals surface area contributed by atoms with Gasteiger partial charge in [0.15, 0.2) is 5.82 Å². The van der Waals surface area contributed by atoms with E-state index in [0.29, 0.717) is 12.8 Å². The van der Waals surface area contributed by atoms with Crippen LogP contribution in [0.1, 0.15) is 30.4 Å². The first-order chi connectivity index (χ1) is 6.34. The van der Waals surface area contributed by atoms with Gasteiger partial charge in [0.2, 0.25) is 5.78 Å². The van der Waals surface area contributed by atoms with Crippen molar-refractivity contribution in [3.63, 3.8) is 0 Å². The highest BCUT2D eigenvalue weighted by Crippen LogP contribution is 1.97. The van der Waals surface area contributed by atoms with Crippen LogP contribution in [0.15, 0.2) is 18.5 Å². The molecule has 0 aliphatic heterocycles. The molecular weight excluding hydrogens is 164 g/mol. The van der Waals surface area contributed by atoms with Crippen molar-refractivity contribution in [3.8, 4) is 11.8 Å². The van der Waals surface area contributed by atoms with Gasteiger partial charge in [0, 0.05) is 25.2 Å². The van der Waals surface area contributed by atoms with Crippen molar-refractivity contribution in [2.45, 2.75) is 19.8 Å². The van der Waals surface area contributed by atoms with Crippen molar-refractivity contribution in [2.24, 2.45) is 0 Å². The molecule has 0 unspecified atom stereocenters. The van der Waals surface area contributed by atoms with Crippen molar-refractivity contribution < 1.29 is 4.79 Å². The van der Waals surface area contributed by atoms with Crippen LogP contribution in [0.5, 0.6) is 0 Å². The summed E-state index contributed by atoms with van der Waals surface area (Å²) in [4.78, 5) is 19.0. The van der Waals surface area contributed by atoms with E-state index < -0.39 is 0 Å². The number of carbonyl (C=O) groups excluding carboxylic acids is 1. The largest absolute Gasteiger partial charge is 0.291 e. The predicted molar refractivity (Wildman–Crippen MR) is 49.0 cm³/mol. The lowest BCUT2D eigenvalue weighted by molar-refractivity contribution is 0.0974. The Balaban J connectivity index is 2.53. The van der Waals surface area contributed by atoms with E-state index >= 15 is 0 Å². The van der Waals surface area contributed by atoms with Crippen LogP contribution in [0.4, 0.5) is 0 Å². The van der Waals surface area contributed by atoms with Gasteiger partial charge in [0.25, 0.3) is 0 Å². The number of Topliss-reactive ketones (excluding diaryl/α,β-unsaturated/α-hetero) is 1. The number of nitrogens with zero attached hydrogens (tertiary/aromatic N) is 2. The average Bonchev–Trinajstić information content (AvgIpc) is 2.19. The minimum atomic E-state index is -0.0525. The summed E-state index contributed by atoms with van der Waals surface area (Å²) in [6, 6.07) is 1.68. The molecule has 1 rings (SSSR count). The third kappa shape index (κ3) is 3.04. The molecular formula is C10H10N2O. The summed E-state index contributed by atoms with van der Waals surface area (Å²) < 4.78 is 0. The number of hydrogen-bond donors (Lipinski definition) is 0. The van der Waals surface area contributed by atoms with Crippen LogP contribution < -0.4 is 0 Å². The molecule has 3 nitrogen and oxygen atoms in total. The van der Waals surface area contributed by atoms with E-state index in [9.17, 15) is 4.79 Å². The maximum absolute atomic E-state index is 11.3. The summed E-state index contributed by atoms with van der Waals surface area (Å²) in [7, 11) is 0. The van der Waals surface area contributed by atoms with Gasteiger partial charge in [-0.15, -0.1) is 11.8 Å². The SMILES string of the molecule is CC#CCCC(=O)c1ncccn1. The topological polar surface area (TPSA) is 42.9 Å². The number of carbonyl (C=O) groups is 1. The number of hydrogen-bond acceptors (Lipinski definition) is 3. The molecule has 0 aliphatic carbocycles. The minimum absolute atomic E-state index is 0.0525. The van der Waals surface area contributed by atoms with Gasteiger partial charge in [-0.1, -0.05) is 0 Å². The van der Waals surface area contributed by atoms with Crippen LogP contribution in [0, 0.1) is 11.8 Å². The molecule has 13 heavy (non-hydrogen) atoms. The second-order valence-corrected chi connectivity index (χ2v) is 2.42. The lowest BCUT2D eigenvalue weighted by Gasteiger charge is -1.93. The minimum Gasteiger partial charge on any atom is -0.291 e. The second-order valence-electron chi connectivity index (χ2n) is 2.42. The molecule has 0 radical (unpaired) electrons. The molecule has 0 aliphatic rings. The Hall–Kier alpha value is -1.69. The average molecular weight is 174 g/mol. The smallest absolute Gasteiger partial charge is 0.200 e. The zero-order valence-corrected chi connectivity index (χ0v) is 7.45. The van der Waals surface area contributed by atoms with Gasteiger partial charge in [0.1, 0.15) is 0 Å². The van der Waals surface area contributed by atoms with Gasteiger partial charge in [-0.3, -0.25) is 4.79 Å². The Bertz CT molecular complexity index is 335. The Kier molecular flexibility index (Phi) is 3.65. The van der Waals surface area contributed by atoms with Crippen molar-refractivity contribution >= 4 is 5.78 Å². The molecule has 0 bridgehead atoms. The van der Waals surface area contributed by atoms with Gasteiger partial charge in [0.05, 0.1) is 0 Å². The van der Waals surface area contributed by atoms with E-state index in [1.807, 2.05) is 0 Å². The van der Waals surface area contributed by atoms with Gasteiger partial charge < -0.3 is 0 Å². The Labute approximate surface area is 77.2 Å². The lowest BCUT2D eigenvalue weighted by Crippen LogP contribution is -2.03. The fraction of sp³-hybridized carbons (Fsp3) is 0.300. The normalized spacial score (nSPS) is 8.69. The Morgan fingerprint density at radius 2 is 2.15 bits per heavy atom. The number of aromatic nitrogens is 2. The highest BCUT2D eigenvalue weighted by Gasteiger charge is 2.05. The fourth-order valence-corrected chi connectivity index (χ4v) is 0.856. The first-order valence-electron chi connectivity index (χ1n) is 4.04. The van der Waals surface area contributed by atoms with Gasteiger partial charge in [-0.05, 0) is 13.0 Å². The number of ketones is 1. The summed E-state index contributed by atoms with van der Waals surface area (Å²) in [6.07, 6.45) is 4.09. The molecule has 0 fully saturated rings. The van der Waals surface area contributed by atoms with Crippen molar-refractivity contribution in [1.82, 2.24) is 9.97 Å². The summed E-state index contributed by atoms with van der Waals surface area (Å²) in [6.45, 7) is 1.75. The molecule has 1 aromatic rings. The molecule has 0 spiro atoms. The summed E-state index contributed by atoms with van der Waals surface area (Å²) >= 11 is 0. The van der Waals surface area contributed by atoms with E-state index in [0.717, 1.165) is 0 Å². The quantitative estimate of drug-likeness (QED) is 0.514. The molecule has 0 atom stereocenters. The van der Waals surface area contributed by atoms with E-state index in [-0.39, 0.29) is 11.6 Å². The molecule has 66 valence electrons. The van der Waals surface area contributed by atoms with E-state index in [1.165, 1.54) is 0 Å². The van der Waals surface area contributed by atoms with Crippen molar-refractivity contribution in [2.75, 3.05) is 0 Å². The zero-order chi connectivity index (χ0) is 9.52. The zero-order valence-electron chi connectivity index (χ0n) is 7.45. The van der Waals surface area contributed by atoms with Gasteiger partial charge >= 0.3 is 0 Å². The third-order valence-corrected chi connectivity index (χ3v) is 1.47. The highest BCUT2D eigenvalue weighted by molar-refractivity contribution is 5.92. The monoisotopic (exact) mass is 174 g/mol. The lowest BCUT2D eigenvalue weighted by atomic mass is 10.2. The first-order valence-corrected chi connectivity index (χ1v) is 4.04. The second kappa shape index (κ2) is 5.04. The van der Waals surface area contributed by atoms with E-state index in [2.05, 4.69) is 21.8 Å². The molecule has 3 heteroatoms. The molecule has 1 aromatic heterocycles. The van der Waals surface area contributed by atoms with Crippen LogP contribution in [0.25, 0.3) is 0 Å². The van der Waals surface area contributed by atoms with Crippen LogP contribution >= 0.6 is 0 Å². The maximum atomic E-state index is 11.3. The van der Waals surface area contributed by atoms with Crippen molar-refractivity contribution in [1.29, 1.82) is 0 Å². The third-order valence-electron chi connectivity index (χ3n) is 1.47. The van der Waals surface area contributed by atoms with Gasteiger partial charge in [-0.2, -0.15) is 0 Å².